The number of H-pyrrole nitrogens is 1. The van der Waals surface area contributed by atoms with Crippen molar-refractivity contribution in [2.75, 3.05) is 37.3 Å². The largest absolute Gasteiger partial charge is 0.346 e. The molecule has 2 aromatic heterocycles. The predicted molar refractivity (Wildman–Crippen MR) is 112 cm³/mol. The molecule has 1 amide bonds. The first-order valence-electron chi connectivity index (χ1n) is 9.10. The molecule has 0 aliphatic carbocycles. The Morgan fingerprint density at radius 3 is 3.11 bits per heavy atom. The lowest BCUT2D eigenvalue weighted by Gasteiger charge is -2.30. The number of carbonyl (C=O) groups is 1. The summed E-state index contributed by atoms with van der Waals surface area (Å²) < 4.78 is 0. The van der Waals surface area contributed by atoms with Gasteiger partial charge in [0.2, 0.25) is 0 Å². The van der Waals surface area contributed by atoms with E-state index in [0.717, 1.165) is 53.6 Å². The van der Waals surface area contributed by atoms with E-state index in [9.17, 15) is 4.79 Å². The summed E-state index contributed by atoms with van der Waals surface area (Å²) in [7, 11) is 1.90. The van der Waals surface area contributed by atoms with E-state index >= 15 is 0 Å². The van der Waals surface area contributed by atoms with Crippen LogP contribution in [0.25, 0.3) is 11.0 Å². The van der Waals surface area contributed by atoms with Crippen molar-refractivity contribution >= 4 is 46.9 Å². The number of amides is 1. The molecule has 0 bridgehead atoms. The fourth-order valence-corrected chi connectivity index (χ4v) is 4.54. The average Bonchev–Trinajstić information content (AvgIpc) is 3.17. The number of halogens is 1. The third-order valence-corrected chi connectivity index (χ3v) is 5.91. The van der Waals surface area contributed by atoms with Crippen LogP contribution in [-0.4, -0.2) is 64.2 Å². The van der Waals surface area contributed by atoms with Gasteiger partial charge in [-0.15, -0.1) is 24.2 Å². The van der Waals surface area contributed by atoms with Crippen LogP contribution < -0.4 is 10.2 Å². The molecule has 0 unspecified atom stereocenters. The summed E-state index contributed by atoms with van der Waals surface area (Å²) in [4.78, 5) is 29.4. The number of fused-ring (bicyclic) bond motifs is 1. The third-order valence-electron chi connectivity index (χ3n) is 4.93. The molecule has 9 heteroatoms. The van der Waals surface area contributed by atoms with Crippen LogP contribution in [0.5, 0.6) is 0 Å². The lowest BCUT2D eigenvalue weighted by Crippen LogP contribution is -2.44. The van der Waals surface area contributed by atoms with Crippen LogP contribution >= 0.6 is 24.2 Å². The lowest BCUT2D eigenvalue weighted by atomic mass is 10.0. The number of aromatic amines is 1. The van der Waals surface area contributed by atoms with E-state index in [1.165, 1.54) is 12.8 Å². The number of nitrogens with one attached hydrogen (secondary N) is 2. The lowest BCUT2D eigenvalue weighted by molar-refractivity contribution is -0.125. The minimum absolute atomic E-state index is 0. The van der Waals surface area contributed by atoms with Gasteiger partial charge >= 0.3 is 0 Å². The zero-order valence-electron chi connectivity index (χ0n) is 15.4. The van der Waals surface area contributed by atoms with Crippen molar-refractivity contribution in [2.24, 2.45) is 0 Å². The number of hydrogen-bond acceptors (Lipinski definition) is 6. The van der Waals surface area contributed by atoms with Gasteiger partial charge < -0.3 is 20.1 Å². The Labute approximate surface area is 169 Å². The Bertz CT molecular complexity index is 819. The zero-order chi connectivity index (χ0) is 17.9. The summed E-state index contributed by atoms with van der Waals surface area (Å²) in [6.07, 6.45) is 8.98. The SMILES string of the molecule is CN(C[C@H]1CCCCN1)C(=O)C1=CN(c2ncnc3[nH]ccc23)CCS1.Cl. The third kappa shape index (κ3) is 4.39. The number of likely N-dealkylation sites (N-methyl/N-ethyl adjacent to an activating group) is 1. The van der Waals surface area contributed by atoms with E-state index in [4.69, 9.17) is 0 Å². The summed E-state index contributed by atoms with van der Waals surface area (Å²) in [6, 6.07) is 2.38. The van der Waals surface area contributed by atoms with Crippen LogP contribution in [0.4, 0.5) is 5.82 Å². The minimum atomic E-state index is 0. The van der Waals surface area contributed by atoms with Gasteiger partial charge in [0, 0.05) is 44.3 Å². The molecule has 2 aliphatic rings. The van der Waals surface area contributed by atoms with Gasteiger partial charge in [0.25, 0.3) is 5.91 Å². The van der Waals surface area contributed by atoms with Crippen molar-refractivity contribution in [3.8, 4) is 0 Å². The van der Waals surface area contributed by atoms with Crippen molar-refractivity contribution in [3.05, 3.63) is 29.7 Å². The molecule has 0 radical (unpaired) electrons. The van der Waals surface area contributed by atoms with Crippen LogP contribution in [0, 0.1) is 0 Å². The topological polar surface area (TPSA) is 77.2 Å². The molecule has 4 rings (SSSR count). The molecule has 7 nitrogen and oxygen atoms in total. The number of carbonyl (C=O) groups excluding carboxylic acids is 1. The molecule has 2 aliphatic heterocycles. The van der Waals surface area contributed by atoms with Gasteiger partial charge in [0.1, 0.15) is 17.8 Å². The molecule has 4 heterocycles. The van der Waals surface area contributed by atoms with E-state index in [1.807, 2.05) is 30.4 Å². The van der Waals surface area contributed by atoms with Crippen molar-refractivity contribution in [1.82, 2.24) is 25.2 Å². The van der Waals surface area contributed by atoms with E-state index < -0.39 is 0 Å². The zero-order valence-corrected chi connectivity index (χ0v) is 17.0. The van der Waals surface area contributed by atoms with Gasteiger partial charge in [0.15, 0.2) is 0 Å². The quantitative estimate of drug-likeness (QED) is 0.808. The van der Waals surface area contributed by atoms with Gasteiger partial charge in [-0.05, 0) is 25.5 Å². The van der Waals surface area contributed by atoms with Crippen LogP contribution in [0.3, 0.4) is 0 Å². The molecule has 146 valence electrons. The van der Waals surface area contributed by atoms with Crippen molar-refractivity contribution < 1.29 is 4.79 Å². The van der Waals surface area contributed by atoms with Gasteiger partial charge in [-0.3, -0.25) is 4.79 Å². The summed E-state index contributed by atoms with van der Waals surface area (Å²) in [5.41, 5.74) is 0.815. The number of anilines is 1. The highest BCUT2D eigenvalue weighted by Crippen LogP contribution is 2.29. The number of piperidine rings is 1. The van der Waals surface area contributed by atoms with Crippen molar-refractivity contribution in [1.29, 1.82) is 0 Å². The van der Waals surface area contributed by atoms with E-state index in [-0.39, 0.29) is 18.3 Å². The Kier molecular flexibility index (Phi) is 6.62. The predicted octanol–water partition coefficient (Wildman–Crippen LogP) is 2.37. The molecule has 1 saturated heterocycles. The van der Waals surface area contributed by atoms with E-state index in [2.05, 4.69) is 25.2 Å². The Morgan fingerprint density at radius 1 is 1.41 bits per heavy atom. The van der Waals surface area contributed by atoms with Crippen molar-refractivity contribution in [3.63, 3.8) is 0 Å². The van der Waals surface area contributed by atoms with Crippen molar-refractivity contribution in [2.45, 2.75) is 25.3 Å². The highest BCUT2D eigenvalue weighted by molar-refractivity contribution is 8.04. The smallest absolute Gasteiger partial charge is 0.261 e. The summed E-state index contributed by atoms with van der Waals surface area (Å²) in [6.45, 7) is 2.64. The molecular weight excluding hydrogens is 384 g/mol. The average molecular weight is 409 g/mol. The maximum Gasteiger partial charge on any atom is 0.261 e. The monoisotopic (exact) mass is 408 g/mol. The first-order valence-corrected chi connectivity index (χ1v) is 10.1. The molecular formula is C18H25ClN6OS. The maximum atomic E-state index is 12.9. The Balaban J connectivity index is 0.00000210. The molecule has 0 saturated carbocycles. The van der Waals surface area contributed by atoms with Crippen LogP contribution in [0.2, 0.25) is 0 Å². The molecule has 2 N–H and O–H groups in total. The second kappa shape index (κ2) is 8.95. The highest BCUT2D eigenvalue weighted by atomic mass is 35.5. The second-order valence-corrected chi connectivity index (χ2v) is 7.94. The van der Waals surface area contributed by atoms with Crippen LogP contribution in [-0.2, 0) is 4.79 Å². The Morgan fingerprint density at radius 2 is 2.30 bits per heavy atom. The molecule has 1 fully saturated rings. The highest BCUT2D eigenvalue weighted by Gasteiger charge is 2.24. The molecule has 0 spiro atoms. The standard InChI is InChI=1S/C18H24N6OS.ClH/c1-23(10-13-4-2-3-6-19-13)18(25)15-11-24(8-9-26-15)17-14-5-7-20-16(14)21-12-22-17;/h5,7,11-13,19H,2-4,6,8-10H2,1H3,(H,20,21,22);1H/t13-;/m1./s1. The van der Waals surface area contributed by atoms with Gasteiger partial charge in [-0.2, -0.15) is 0 Å². The first kappa shape index (κ1) is 20.0. The fraction of sp³-hybridized carbons (Fsp3) is 0.500. The number of thioether (sulfide) groups is 1. The van der Waals surface area contributed by atoms with Gasteiger partial charge in [0.05, 0.1) is 10.3 Å². The van der Waals surface area contributed by atoms with Crippen LogP contribution in [0.15, 0.2) is 29.7 Å². The van der Waals surface area contributed by atoms with E-state index in [1.54, 1.807) is 18.1 Å². The summed E-state index contributed by atoms with van der Waals surface area (Å²) in [5, 5.41) is 4.48. The number of rotatable bonds is 4. The fourth-order valence-electron chi connectivity index (χ4n) is 3.55. The van der Waals surface area contributed by atoms with E-state index in [0.29, 0.717) is 6.04 Å². The number of hydrogen-bond donors (Lipinski definition) is 2. The van der Waals surface area contributed by atoms with Gasteiger partial charge in [-0.25, -0.2) is 9.97 Å². The minimum Gasteiger partial charge on any atom is -0.346 e. The van der Waals surface area contributed by atoms with Crippen LogP contribution in [0.1, 0.15) is 19.3 Å². The Hall–Kier alpha value is -1.77. The molecule has 27 heavy (non-hydrogen) atoms. The van der Waals surface area contributed by atoms with Gasteiger partial charge in [-0.1, -0.05) is 6.42 Å². The second-order valence-electron chi connectivity index (χ2n) is 6.80. The summed E-state index contributed by atoms with van der Waals surface area (Å²) in [5.74, 6) is 1.80. The number of nitrogens with zero attached hydrogens (tertiary/aromatic N) is 4. The first-order chi connectivity index (χ1) is 12.7. The molecule has 2 aromatic rings. The maximum absolute atomic E-state index is 12.9. The molecule has 1 atom stereocenters. The number of aromatic nitrogens is 3. The summed E-state index contributed by atoms with van der Waals surface area (Å²) >= 11 is 1.62. The molecule has 0 aromatic carbocycles. The normalized spacial score (nSPS) is 20.1.